The topological polar surface area (TPSA) is 107 Å². The molecule has 1 aromatic carbocycles. The van der Waals surface area contributed by atoms with Gasteiger partial charge < -0.3 is 10.0 Å². The van der Waals surface area contributed by atoms with E-state index in [1.165, 1.54) is 17.0 Å². The fourth-order valence-corrected chi connectivity index (χ4v) is 1.48. The van der Waals surface area contributed by atoms with E-state index in [0.717, 1.165) is 6.07 Å². The van der Waals surface area contributed by atoms with Crippen LogP contribution in [-0.4, -0.2) is 29.1 Å². The first-order valence-electron chi connectivity index (χ1n) is 5.08. The molecule has 1 aromatic rings. The number of nitro benzene ring substituents is 1. The van der Waals surface area contributed by atoms with E-state index in [9.17, 15) is 14.9 Å². The molecular weight excluding hydrogens is 250 g/mol. The maximum Gasteiger partial charge on any atom is 0.323 e. The van der Waals surface area contributed by atoms with Crippen LogP contribution in [0.2, 0.25) is 0 Å². The number of rotatable bonds is 5. The molecule has 0 saturated carbocycles. The molecule has 19 heavy (non-hydrogen) atoms. The van der Waals surface area contributed by atoms with Crippen molar-refractivity contribution in [1.82, 2.24) is 0 Å². The number of benzene rings is 1. The highest BCUT2D eigenvalue weighted by Gasteiger charge is 2.17. The van der Waals surface area contributed by atoms with Crippen LogP contribution in [0.15, 0.2) is 18.2 Å². The Morgan fingerprint density at radius 1 is 1.58 bits per heavy atom. The van der Waals surface area contributed by atoms with Crippen molar-refractivity contribution < 1.29 is 14.8 Å². The number of hydrogen-bond acceptors (Lipinski definition) is 5. The predicted molar refractivity (Wildman–Crippen MR) is 66.5 cm³/mol. The zero-order chi connectivity index (χ0) is 14.4. The van der Waals surface area contributed by atoms with Crippen LogP contribution in [0.25, 0.3) is 0 Å². The number of terminal acetylenes is 1. The maximum atomic E-state index is 10.7. The Morgan fingerprint density at radius 2 is 2.26 bits per heavy atom. The highest BCUT2D eigenvalue weighted by atomic mass is 16.6. The number of carboxylic acids is 1. The van der Waals surface area contributed by atoms with Crippen LogP contribution in [-0.2, 0) is 4.79 Å². The number of hydrogen-bond donors (Lipinski definition) is 1. The number of carboxylic acid groups (broad SMARTS) is 1. The van der Waals surface area contributed by atoms with Gasteiger partial charge in [0, 0.05) is 11.8 Å². The zero-order valence-corrected chi connectivity index (χ0v) is 9.74. The summed E-state index contributed by atoms with van der Waals surface area (Å²) >= 11 is 0. The Balaban J connectivity index is 3.19. The van der Waals surface area contributed by atoms with E-state index in [2.05, 4.69) is 5.92 Å². The van der Waals surface area contributed by atoms with Gasteiger partial charge in [-0.2, -0.15) is 5.26 Å². The standard InChI is InChI=1S/C12H9N3O4/c1-2-5-14(8-12(16)17)10-3-4-11(15(18)19)9(6-10)7-13/h1,3-4,6H,5,8H2,(H,16,17). The van der Waals surface area contributed by atoms with Crippen LogP contribution in [0.1, 0.15) is 5.56 Å². The largest absolute Gasteiger partial charge is 0.480 e. The van der Waals surface area contributed by atoms with E-state index < -0.39 is 10.9 Å². The monoisotopic (exact) mass is 259 g/mol. The van der Waals surface area contributed by atoms with Crippen LogP contribution >= 0.6 is 0 Å². The SMILES string of the molecule is C#CCN(CC(=O)O)c1ccc([N+](=O)[O-])c(C#N)c1. The van der Waals surface area contributed by atoms with E-state index in [1.54, 1.807) is 6.07 Å². The Labute approximate surface area is 108 Å². The van der Waals surface area contributed by atoms with Gasteiger partial charge in [0.15, 0.2) is 0 Å². The van der Waals surface area contributed by atoms with Gasteiger partial charge in [-0.15, -0.1) is 6.42 Å². The summed E-state index contributed by atoms with van der Waals surface area (Å²) in [6.07, 6.45) is 5.13. The zero-order valence-electron chi connectivity index (χ0n) is 9.74. The summed E-state index contributed by atoms with van der Waals surface area (Å²) in [5, 5.41) is 28.3. The minimum atomic E-state index is -1.09. The fraction of sp³-hybridized carbons (Fsp3) is 0.167. The molecule has 0 aliphatic heterocycles. The second-order valence-electron chi connectivity index (χ2n) is 3.52. The second kappa shape index (κ2) is 6.03. The summed E-state index contributed by atoms with van der Waals surface area (Å²) < 4.78 is 0. The molecule has 7 heteroatoms. The smallest absolute Gasteiger partial charge is 0.323 e. The molecule has 1 N–H and O–H groups in total. The number of nitriles is 1. The number of carbonyl (C=O) groups is 1. The van der Waals surface area contributed by atoms with Gasteiger partial charge in [0.1, 0.15) is 18.2 Å². The Bertz CT molecular complexity index is 598. The molecule has 0 heterocycles. The first-order valence-corrected chi connectivity index (χ1v) is 5.08. The number of nitro groups is 1. The van der Waals surface area contributed by atoms with Crippen molar-refractivity contribution in [2.45, 2.75) is 0 Å². The predicted octanol–water partition coefficient (Wildman–Crippen LogP) is 0.991. The Morgan fingerprint density at radius 3 is 2.74 bits per heavy atom. The van der Waals surface area contributed by atoms with Gasteiger partial charge in [0.05, 0.1) is 11.5 Å². The fourth-order valence-electron chi connectivity index (χ4n) is 1.48. The third kappa shape index (κ3) is 3.45. The van der Waals surface area contributed by atoms with Gasteiger partial charge in [0.2, 0.25) is 0 Å². The summed E-state index contributed by atoms with van der Waals surface area (Å²) in [5.74, 6) is 1.20. The average molecular weight is 259 g/mol. The third-order valence-corrected chi connectivity index (χ3v) is 2.27. The van der Waals surface area contributed by atoms with Gasteiger partial charge in [-0.25, -0.2) is 0 Å². The van der Waals surface area contributed by atoms with Crippen molar-refractivity contribution in [1.29, 1.82) is 5.26 Å². The molecule has 0 aromatic heterocycles. The van der Waals surface area contributed by atoms with Crippen molar-refractivity contribution in [3.05, 3.63) is 33.9 Å². The average Bonchev–Trinajstić information content (AvgIpc) is 2.36. The molecule has 0 saturated heterocycles. The van der Waals surface area contributed by atoms with Gasteiger partial charge in [-0.05, 0) is 12.1 Å². The summed E-state index contributed by atoms with van der Waals surface area (Å²) in [7, 11) is 0. The lowest BCUT2D eigenvalue weighted by Crippen LogP contribution is -2.30. The number of anilines is 1. The summed E-state index contributed by atoms with van der Waals surface area (Å²) in [6.45, 7) is -0.331. The van der Waals surface area contributed by atoms with Crippen LogP contribution < -0.4 is 4.90 Å². The molecule has 0 amide bonds. The highest BCUT2D eigenvalue weighted by Crippen LogP contribution is 2.24. The molecule has 1 rings (SSSR count). The van der Waals surface area contributed by atoms with E-state index in [1.807, 2.05) is 0 Å². The van der Waals surface area contributed by atoms with Gasteiger partial charge in [-0.1, -0.05) is 5.92 Å². The van der Waals surface area contributed by atoms with E-state index in [4.69, 9.17) is 16.8 Å². The number of nitrogens with zero attached hydrogens (tertiary/aromatic N) is 3. The van der Waals surface area contributed by atoms with Crippen LogP contribution in [0.3, 0.4) is 0 Å². The highest BCUT2D eigenvalue weighted by molar-refractivity contribution is 5.74. The molecule has 0 bridgehead atoms. The summed E-state index contributed by atoms with van der Waals surface area (Å²) in [5.41, 5.74) is -0.125. The molecule has 96 valence electrons. The van der Waals surface area contributed by atoms with E-state index in [-0.39, 0.29) is 24.3 Å². The first kappa shape index (κ1) is 14.0. The van der Waals surface area contributed by atoms with Crippen molar-refractivity contribution in [2.24, 2.45) is 0 Å². The molecule has 7 nitrogen and oxygen atoms in total. The van der Waals surface area contributed by atoms with Crippen molar-refractivity contribution >= 4 is 17.3 Å². The second-order valence-corrected chi connectivity index (χ2v) is 3.52. The molecule has 0 atom stereocenters. The van der Waals surface area contributed by atoms with E-state index in [0.29, 0.717) is 5.69 Å². The minimum Gasteiger partial charge on any atom is -0.480 e. The Kier molecular flexibility index (Phi) is 4.44. The molecule has 0 radical (unpaired) electrons. The third-order valence-electron chi connectivity index (χ3n) is 2.27. The number of aliphatic carboxylic acids is 1. The van der Waals surface area contributed by atoms with Crippen molar-refractivity contribution in [2.75, 3.05) is 18.0 Å². The Hall–Kier alpha value is -3.06. The lowest BCUT2D eigenvalue weighted by molar-refractivity contribution is -0.385. The van der Waals surface area contributed by atoms with Crippen molar-refractivity contribution in [3.63, 3.8) is 0 Å². The lowest BCUT2D eigenvalue weighted by atomic mass is 10.1. The molecule has 0 aliphatic rings. The molecule has 0 aliphatic carbocycles. The van der Waals surface area contributed by atoms with Gasteiger partial charge >= 0.3 is 5.97 Å². The van der Waals surface area contributed by atoms with Crippen LogP contribution in [0.5, 0.6) is 0 Å². The van der Waals surface area contributed by atoms with Gasteiger partial charge in [0.25, 0.3) is 5.69 Å². The van der Waals surface area contributed by atoms with Crippen LogP contribution in [0, 0.1) is 33.8 Å². The molecule has 0 fully saturated rings. The van der Waals surface area contributed by atoms with Crippen molar-refractivity contribution in [3.8, 4) is 18.4 Å². The van der Waals surface area contributed by atoms with E-state index >= 15 is 0 Å². The molecule has 0 unspecified atom stereocenters. The van der Waals surface area contributed by atoms with Crippen LogP contribution in [0.4, 0.5) is 11.4 Å². The molecular formula is C12H9N3O4. The minimum absolute atomic E-state index is 0.0228. The molecule has 0 spiro atoms. The normalized spacial score (nSPS) is 9.16. The lowest BCUT2D eigenvalue weighted by Gasteiger charge is -2.20. The quantitative estimate of drug-likeness (QED) is 0.480. The summed E-state index contributed by atoms with van der Waals surface area (Å²) in [4.78, 5) is 22.0. The first-order chi connectivity index (χ1) is 8.99. The summed E-state index contributed by atoms with van der Waals surface area (Å²) in [6, 6.07) is 5.46. The maximum absolute atomic E-state index is 10.7. The van der Waals surface area contributed by atoms with Gasteiger partial charge in [-0.3, -0.25) is 14.9 Å².